The predicted molar refractivity (Wildman–Crippen MR) is 84.4 cm³/mol. The Kier molecular flexibility index (Phi) is 3.62. The highest BCUT2D eigenvalue weighted by Gasteiger charge is 2.72. The molecule has 0 aromatic carbocycles. The molecule has 0 spiro atoms. The average molecular weight is 280 g/mol. The van der Waals surface area contributed by atoms with Crippen molar-refractivity contribution in [2.75, 3.05) is 0 Å². The van der Waals surface area contributed by atoms with E-state index in [-0.39, 0.29) is 16.1 Å². The molecule has 19 heavy (non-hydrogen) atoms. The van der Waals surface area contributed by atoms with Crippen molar-refractivity contribution in [3.05, 3.63) is 23.5 Å². The molecule has 0 bridgehead atoms. The summed E-state index contributed by atoms with van der Waals surface area (Å²) in [5, 5.41) is -0.0428. The fourth-order valence-corrected chi connectivity index (χ4v) is 7.49. The standard InChI is InChI=1S/C15H29N3Si/c1-13(2,3)17-11-12-18(14(4,5)6)19(17,16-10)15(7,8)9/h11-12H,1-9H3. The third kappa shape index (κ3) is 2.41. The van der Waals surface area contributed by atoms with Crippen LogP contribution in [0.1, 0.15) is 62.3 Å². The molecule has 1 aliphatic rings. The zero-order valence-electron chi connectivity index (χ0n) is 14.0. The molecule has 108 valence electrons. The molecule has 3 nitrogen and oxygen atoms in total. The van der Waals surface area contributed by atoms with Crippen LogP contribution in [-0.4, -0.2) is 28.8 Å². The summed E-state index contributed by atoms with van der Waals surface area (Å²) in [5.74, 6) is 0. The minimum Gasteiger partial charge on any atom is -0.373 e. The molecule has 1 heterocycles. The molecule has 0 unspecified atom stereocenters. The van der Waals surface area contributed by atoms with Gasteiger partial charge in [-0.25, -0.2) is 0 Å². The Balaban J connectivity index is 3.51. The van der Waals surface area contributed by atoms with Gasteiger partial charge in [-0.15, -0.1) is 0 Å². The van der Waals surface area contributed by atoms with Crippen LogP contribution in [0.15, 0.2) is 12.4 Å². The van der Waals surface area contributed by atoms with Crippen LogP contribution in [-0.2, 0) is 0 Å². The van der Waals surface area contributed by atoms with Crippen molar-refractivity contribution < 1.29 is 0 Å². The molecule has 0 radical (unpaired) electrons. The fourth-order valence-electron chi connectivity index (χ4n) is 2.84. The highest BCUT2D eigenvalue weighted by Crippen LogP contribution is 2.49. The van der Waals surface area contributed by atoms with Crippen LogP contribution in [0.3, 0.4) is 0 Å². The lowest BCUT2D eigenvalue weighted by Crippen LogP contribution is -2.70. The van der Waals surface area contributed by atoms with Gasteiger partial charge >= 0.3 is 8.56 Å². The van der Waals surface area contributed by atoms with Crippen LogP contribution < -0.4 is 0 Å². The molecule has 0 atom stereocenters. The summed E-state index contributed by atoms with van der Waals surface area (Å²) in [5.41, 5.74) is -0.0545. The lowest BCUT2D eigenvalue weighted by Gasteiger charge is -2.47. The number of hydrogen-bond donors (Lipinski definition) is 0. The summed E-state index contributed by atoms with van der Waals surface area (Å²) in [4.78, 5) is 0. The SMILES string of the molecule is [C-]#[N+][Si]1(C(C)(C)C)N(C(C)(C)C)C=CN1C(C)(C)C. The Hall–Kier alpha value is -0.953. The molecule has 0 amide bonds. The molecule has 0 aromatic heterocycles. The summed E-state index contributed by atoms with van der Waals surface area (Å²) in [6, 6.07) is 0. The van der Waals surface area contributed by atoms with E-state index >= 15 is 0 Å². The van der Waals surface area contributed by atoms with Crippen molar-refractivity contribution in [2.45, 2.75) is 78.4 Å². The van der Waals surface area contributed by atoms with Crippen LogP contribution in [0, 0.1) is 6.57 Å². The topological polar surface area (TPSA) is 10.8 Å². The van der Waals surface area contributed by atoms with Crippen LogP contribution in [0.25, 0.3) is 4.51 Å². The summed E-state index contributed by atoms with van der Waals surface area (Å²) in [7, 11) is -2.49. The van der Waals surface area contributed by atoms with Gasteiger partial charge in [0.25, 0.3) is 0 Å². The van der Waals surface area contributed by atoms with Crippen LogP contribution in [0.2, 0.25) is 5.04 Å². The molecule has 0 aromatic rings. The van der Waals surface area contributed by atoms with Crippen molar-refractivity contribution >= 4 is 8.56 Å². The molecular formula is C15H29N3Si. The first-order valence-corrected chi connectivity index (χ1v) is 8.78. The summed E-state index contributed by atoms with van der Waals surface area (Å²) >= 11 is 0. The highest BCUT2D eigenvalue weighted by atomic mass is 28.4. The third-order valence-corrected chi connectivity index (χ3v) is 8.95. The minimum atomic E-state index is -2.49. The first-order chi connectivity index (χ1) is 8.28. The van der Waals surface area contributed by atoms with Gasteiger partial charge in [-0.1, -0.05) is 20.8 Å². The minimum absolute atomic E-state index is 0.0272. The highest BCUT2D eigenvalue weighted by molar-refractivity contribution is 6.81. The summed E-state index contributed by atoms with van der Waals surface area (Å²) in [6.45, 7) is 27.8. The number of hydrogen-bond acceptors (Lipinski definition) is 2. The predicted octanol–water partition coefficient (Wildman–Crippen LogP) is 4.33. The Morgan fingerprint density at radius 2 is 1.11 bits per heavy atom. The zero-order chi connectivity index (χ0) is 15.3. The van der Waals surface area contributed by atoms with Crippen molar-refractivity contribution in [1.82, 2.24) is 9.13 Å². The number of nitrogens with zero attached hydrogens (tertiary/aromatic N) is 3. The second-order valence-corrected chi connectivity index (χ2v) is 12.3. The van der Waals surface area contributed by atoms with E-state index in [4.69, 9.17) is 6.57 Å². The second-order valence-electron chi connectivity index (χ2n) is 8.38. The van der Waals surface area contributed by atoms with E-state index in [1.165, 1.54) is 0 Å². The van der Waals surface area contributed by atoms with E-state index in [1.807, 2.05) is 0 Å². The molecule has 0 fully saturated rings. The van der Waals surface area contributed by atoms with Gasteiger partial charge in [0.1, 0.15) is 0 Å². The van der Waals surface area contributed by atoms with Crippen LogP contribution in [0.4, 0.5) is 0 Å². The van der Waals surface area contributed by atoms with Crippen LogP contribution >= 0.6 is 0 Å². The van der Waals surface area contributed by atoms with Crippen molar-refractivity contribution in [3.63, 3.8) is 0 Å². The van der Waals surface area contributed by atoms with Gasteiger partial charge in [0, 0.05) is 23.5 Å². The van der Waals surface area contributed by atoms with Crippen molar-refractivity contribution in [3.8, 4) is 0 Å². The fraction of sp³-hybridized carbons (Fsp3) is 0.800. The van der Waals surface area contributed by atoms with E-state index in [0.29, 0.717) is 0 Å². The first kappa shape index (κ1) is 16.1. The maximum absolute atomic E-state index is 7.99. The quantitative estimate of drug-likeness (QED) is 0.483. The Bertz CT molecular complexity index is 389. The van der Waals surface area contributed by atoms with Gasteiger partial charge in [0.2, 0.25) is 0 Å². The Morgan fingerprint density at radius 3 is 1.26 bits per heavy atom. The van der Waals surface area contributed by atoms with Crippen LogP contribution in [0.5, 0.6) is 0 Å². The first-order valence-electron chi connectivity index (χ1n) is 6.94. The summed E-state index contributed by atoms with van der Waals surface area (Å²) < 4.78 is 8.96. The van der Waals surface area contributed by atoms with Gasteiger partial charge in [0.15, 0.2) is 0 Å². The van der Waals surface area contributed by atoms with Gasteiger partial charge in [0.05, 0.1) is 5.04 Å². The normalized spacial score (nSPS) is 19.8. The molecule has 1 aliphatic heterocycles. The van der Waals surface area contributed by atoms with E-state index in [9.17, 15) is 0 Å². The zero-order valence-corrected chi connectivity index (χ0v) is 15.0. The molecule has 0 N–H and O–H groups in total. The van der Waals surface area contributed by atoms with Gasteiger partial charge in [-0.05, 0) is 41.5 Å². The maximum atomic E-state index is 7.99. The Labute approximate surface area is 120 Å². The smallest absolute Gasteiger partial charge is 0.373 e. The molecule has 0 saturated carbocycles. The lowest BCUT2D eigenvalue weighted by molar-refractivity contribution is 0.251. The maximum Gasteiger partial charge on any atom is 0.687 e. The molecule has 1 rings (SSSR count). The van der Waals surface area contributed by atoms with E-state index in [2.05, 4.69) is 88.4 Å². The lowest BCUT2D eigenvalue weighted by atomic mass is 10.1. The average Bonchev–Trinajstić information content (AvgIpc) is 2.54. The largest absolute Gasteiger partial charge is 0.687 e. The van der Waals surface area contributed by atoms with Gasteiger partial charge < -0.3 is 13.6 Å². The molecule has 0 aliphatic carbocycles. The molecule has 0 saturated heterocycles. The third-order valence-electron chi connectivity index (χ3n) is 3.64. The van der Waals surface area contributed by atoms with Crippen molar-refractivity contribution in [2.24, 2.45) is 0 Å². The van der Waals surface area contributed by atoms with E-state index in [0.717, 1.165) is 0 Å². The molecule has 4 heteroatoms. The Morgan fingerprint density at radius 1 is 0.789 bits per heavy atom. The summed E-state index contributed by atoms with van der Waals surface area (Å²) in [6.07, 6.45) is 4.28. The number of rotatable bonds is 0. The van der Waals surface area contributed by atoms with Crippen molar-refractivity contribution in [1.29, 1.82) is 0 Å². The van der Waals surface area contributed by atoms with E-state index in [1.54, 1.807) is 0 Å². The van der Waals surface area contributed by atoms with E-state index < -0.39 is 8.56 Å². The van der Waals surface area contributed by atoms with Gasteiger partial charge in [-0.3, -0.25) is 6.57 Å². The molecular weight excluding hydrogens is 250 g/mol. The van der Waals surface area contributed by atoms with Gasteiger partial charge in [-0.2, -0.15) is 0 Å². The second kappa shape index (κ2) is 4.27. The monoisotopic (exact) mass is 279 g/mol.